The first kappa shape index (κ1) is 16.9. The van der Waals surface area contributed by atoms with E-state index in [1.54, 1.807) is 18.6 Å². The van der Waals surface area contributed by atoms with Crippen molar-refractivity contribution in [2.24, 2.45) is 0 Å². The molecule has 1 saturated heterocycles. The molecule has 1 aliphatic heterocycles. The van der Waals surface area contributed by atoms with Gasteiger partial charge in [0.25, 0.3) is 0 Å². The fourth-order valence-electron chi connectivity index (χ4n) is 3.69. The van der Waals surface area contributed by atoms with Crippen LogP contribution in [0.3, 0.4) is 0 Å². The predicted octanol–water partition coefficient (Wildman–Crippen LogP) is 2.36. The van der Waals surface area contributed by atoms with Crippen LogP contribution in [0.2, 0.25) is 0 Å². The molecule has 1 aliphatic rings. The van der Waals surface area contributed by atoms with Crippen molar-refractivity contribution >= 4 is 5.65 Å². The lowest BCUT2D eigenvalue weighted by atomic mass is 9.96. The zero-order chi connectivity index (χ0) is 18.8. The molecule has 0 amide bonds. The van der Waals surface area contributed by atoms with Crippen molar-refractivity contribution in [1.82, 2.24) is 39.7 Å². The van der Waals surface area contributed by atoms with Crippen LogP contribution < -0.4 is 0 Å². The third-order valence-electron chi connectivity index (χ3n) is 5.18. The first-order valence-corrected chi connectivity index (χ1v) is 9.48. The van der Waals surface area contributed by atoms with E-state index < -0.39 is 0 Å². The van der Waals surface area contributed by atoms with Crippen molar-refractivity contribution in [1.29, 1.82) is 0 Å². The molecule has 4 aromatic heterocycles. The normalized spacial score (nSPS) is 15.9. The summed E-state index contributed by atoms with van der Waals surface area (Å²) in [7, 11) is 0. The lowest BCUT2D eigenvalue weighted by molar-refractivity contribution is 0.196. The monoisotopic (exact) mass is 372 g/mol. The zero-order valence-electron chi connectivity index (χ0n) is 15.4. The van der Waals surface area contributed by atoms with Crippen LogP contribution in [0.5, 0.6) is 0 Å². The molecule has 4 aromatic rings. The summed E-state index contributed by atoms with van der Waals surface area (Å²) in [5.74, 6) is 2.16. The van der Waals surface area contributed by atoms with E-state index in [1.807, 2.05) is 41.0 Å². The van der Waals surface area contributed by atoms with E-state index >= 15 is 0 Å². The van der Waals surface area contributed by atoms with Gasteiger partial charge in [0.05, 0.1) is 12.2 Å². The second kappa shape index (κ2) is 7.40. The molecular weight excluding hydrogens is 352 g/mol. The van der Waals surface area contributed by atoms with Gasteiger partial charge in [0.2, 0.25) is 0 Å². The van der Waals surface area contributed by atoms with Crippen LogP contribution in [-0.2, 0) is 6.54 Å². The van der Waals surface area contributed by atoms with E-state index in [9.17, 15) is 0 Å². The second-order valence-electron chi connectivity index (χ2n) is 7.00. The maximum absolute atomic E-state index is 4.79. The Bertz CT molecular complexity index is 1060. The van der Waals surface area contributed by atoms with E-state index in [0.717, 1.165) is 61.0 Å². The number of hydrogen-bond acceptors (Lipinski definition) is 7. The highest BCUT2D eigenvalue weighted by atomic mass is 15.4. The van der Waals surface area contributed by atoms with Crippen molar-refractivity contribution in [3.8, 4) is 11.3 Å². The van der Waals surface area contributed by atoms with Crippen LogP contribution in [0.1, 0.15) is 30.4 Å². The molecule has 8 heteroatoms. The van der Waals surface area contributed by atoms with Gasteiger partial charge in [-0.3, -0.25) is 9.88 Å². The van der Waals surface area contributed by atoms with Crippen molar-refractivity contribution in [3.63, 3.8) is 0 Å². The van der Waals surface area contributed by atoms with Crippen LogP contribution >= 0.6 is 0 Å². The Morgan fingerprint density at radius 1 is 0.929 bits per heavy atom. The van der Waals surface area contributed by atoms with Crippen LogP contribution in [-0.4, -0.2) is 52.8 Å². The molecule has 5 heterocycles. The lowest BCUT2D eigenvalue weighted by Gasteiger charge is -2.30. The number of piperidine rings is 1. The average molecular weight is 372 g/mol. The third-order valence-corrected chi connectivity index (χ3v) is 5.18. The second-order valence-corrected chi connectivity index (χ2v) is 7.00. The maximum Gasteiger partial charge on any atom is 0.177 e. The molecule has 8 nitrogen and oxygen atoms in total. The Kier molecular flexibility index (Phi) is 4.46. The van der Waals surface area contributed by atoms with Gasteiger partial charge in [-0.15, -0.1) is 10.2 Å². The molecule has 0 bridgehead atoms. The molecule has 0 aromatic carbocycles. The maximum atomic E-state index is 4.79. The van der Waals surface area contributed by atoms with Gasteiger partial charge in [-0.2, -0.15) is 9.61 Å². The first-order valence-electron chi connectivity index (χ1n) is 9.48. The standard InChI is InChI=1S/C20H20N8/c1-3-16(13-21-8-1)17-4-5-19-24-25-20(28(19)26-17)15-6-11-27(12-7-15)14-18-22-9-2-10-23-18/h1-5,8-10,13,15H,6-7,11-12,14H2. The van der Waals surface area contributed by atoms with Crippen molar-refractivity contribution in [2.45, 2.75) is 25.3 Å². The fourth-order valence-corrected chi connectivity index (χ4v) is 3.69. The van der Waals surface area contributed by atoms with Crippen LogP contribution in [0.15, 0.2) is 55.1 Å². The van der Waals surface area contributed by atoms with Gasteiger partial charge in [-0.05, 0) is 56.3 Å². The van der Waals surface area contributed by atoms with Crippen molar-refractivity contribution < 1.29 is 0 Å². The summed E-state index contributed by atoms with van der Waals surface area (Å²) in [5.41, 5.74) is 2.64. The molecule has 0 unspecified atom stereocenters. The topological polar surface area (TPSA) is 85.0 Å². The SMILES string of the molecule is c1cnc(CN2CCC(c3nnc4ccc(-c5cccnc5)nn34)CC2)nc1. The van der Waals surface area contributed by atoms with Gasteiger partial charge >= 0.3 is 0 Å². The highest BCUT2D eigenvalue weighted by molar-refractivity contribution is 5.58. The number of pyridine rings is 1. The molecule has 0 aliphatic carbocycles. The molecular formula is C20H20N8. The smallest absolute Gasteiger partial charge is 0.177 e. The summed E-state index contributed by atoms with van der Waals surface area (Å²) in [6, 6.07) is 9.70. The minimum atomic E-state index is 0.347. The molecule has 28 heavy (non-hydrogen) atoms. The quantitative estimate of drug-likeness (QED) is 0.543. The number of fused-ring (bicyclic) bond motifs is 1. The average Bonchev–Trinajstić information content (AvgIpc) is 3.19. The predicted molar refractivity (Wildman–Crippen MR) is 103 cm³/mol. The summed E-state index contributed by atoms with van der Waals surface area (Å²) in [5, 5.41) is 13.6. The largest absolute Gasteiger partial charge is 0.296 e. The Morgan fingerprint density at radius 3 is 2.57 bits per heavy atom. The van der Waals surface area contributed by atoms with Gasteiger partial charge < -0.3 is 0 Å². The van der Waals surface area contributed by atoms with Gasteiger partial charge in [0, 0.05) is 36.3 Å². The lowest BCUT2D eigenvalue weighted by Crippen LogP contribution is -2.33. The highest BCUT2D eigenvalue weighted by Crippen LogP contribution is 2.28. The van der Waals surface area contributed by atoms with Crippen LogP contribution in [0, 0.1) is 0 Å². The first-order chi connectivity index (χ1) is 13.9. The number of nitrogens with zero attached hydrogens (tertiary/aromatic N) is 8. The van der Waals surface area contributed by atoms with E-state index in [-0.39, 0.29) is 0 Å². The summed E-state index contributed by atoms with van der Waals surface area (Å²) in [4.78, 5) is 15.2. The van der Waals surface area contributed by atoms with Crippen molar-refractivity contribution in [2.75, 3.05) is 13.1 Å². The molecule has 5 rings (SSSR count). The summed E-state index contributed by atoms with van der Waals surface area (Å²) >= 11 is 0. The summed E-state index contributed by atoms with van der Waals surface area (Å²) in [6.07, 6.45) is 9.22. The number of aromatic nitrogens is 7. The Labute approximate surface area is 162 Å². The molecule has 1 fully saturated rings. The van der Waals surface area contributed by atoms with Gasteiger partial charge in [0.1, 0.15) is 5.82 Å². The number of hydrogen-bond donors (Lipinski definition) is 0. The van der Waals surface area contributed by atoms with Gasteiger partial charge in [-0.1, -0.05) is 0 Å². The Hall–Kier alpha value is -3.26. The summed E-state index contributed by atoms with van der Waals surface area (Å²) < 4.78 is 1.89. The molecule has 0 saturated carbocycles. The fraction of sp³-hybridized carbons (Fsp3) is 0.300. The molecule has 0 radical (unpaired) electrons. The third kappa shape index (κ3) is 3.34. The van der Waals surface area contributed by atoms with E-state index in [0.29, 0.717) is 5.92 Å². The van der Waals surface area contributed by atoms with Crippen LogP contribution in [0.4, 0.5) is 0 Å². The van der Waals surface area contributed by atoms with Crippen molar-refractivity contribution in [3.05, 3.63) is 66.8 Å². The Balaban J connectivity index is 1.34. The van der Waals surface area contributed by atoms with E-state index in [1.165, 1.54) is 0 Å². The molecule has 0 N–H and O–H groups in total. The molecule has 0 spiro atoms. The van der Waals surface area contributed by atoms with E-state index in [2.05, 4.69) is 30.0 Å². The Morgan fingerprint density at radius 2 is 1.79 bits per heavy atom. The minimum Gasteiger partial charge on any atom is -0.296 e. The van der Waals surface area contributed by atoms with E-state index in [4.69, 9.17) is 5.10 Å². The highest BCUT2D eigenvalue weighted by Gasteiger charge is 2.25. The number of likely N-dealkylation sites (tertiary alicyclic amines) is 1. The summed E-state index contributed by atoms with van der Waals surface area (Å²) in [6.45, 7) is 2.76. The van der Waals surface area contributed by atoms with Crippen LogP contribution in [0.25, 0.3) is 16.9 Å². The molecule has 140 valence electrons. The minimum absolute atomic E-state index is 0.347. The molecule has 0 atom stereocenters. The number of rotatable bonds is 4. The zero-order valence-corrected chi connectivity index (χ0v) is 15.4. The van der Waals surface area contributed by atoms with Gasteiger partial charge in [-0.25, -0.2) is 9.97 Å². The van der Waals surface area contributed by atoms with Gasteiger partial charge in [0.15, 0.2) is 11.5 Å².